The Morgan fingerprint density at radius 1 is 1.21 bits per heavy atom. The SMILES string of the molecule is Cn1cc(C(F)(F)F)nc1-c1ccc(CC2Oc3cnccc3NC2=O)cc1. The molecule has 1 aromatic carbocycles. The molecule has 9 heteroatoms. The van der Waals surface area contributed by atoms with Crippen LogP contribution in [0.3, 0.4) is 0 Å². The highest BCUT2D eigenvalue weighted by molar-refractivity contribution is 5.97. The smallest absolute Gasteiger partial charge is 0.434 e. The van der Waals surface area contributed by atoms with Crippen LogP contribution in [0.25, 0.3) is 11.4 Å². The number of alkyl halides is 3. The second-order valence-corrected chi connectivity index (χ2v) is 6.43. The summed E-state index contributed by atoms with van der Waals surface area (Å²) in [5, 5.41) is 2.77. The van der Waals surface area contributed by atoms with Gasteiger partial charge in [0.05, 0.1) is 11.9 Å². The minimum Gasteiger partial charge on any atom is -0.476 e. The van der Waals surface area contributed by atoms with Gasteiger partial charge in [0.1, 0.15) is 5.82 Å². The van der Waals surface area contributed by atoms with Crippen LogP contribution in [0.1, 0.15) is 11.3 Å². The van der Waals surface area contributed by atoms with Crippen LogP contribution in [0.5, 0.6) is 5.75 Å². The van der Waals surface area contributed by atoms with Crippen molar-refractivity contribution in [3.63, 3.8) is 0 Å². The second-order valence-electron chi connectivity index (χ2n) is 6.43. The fourth-order valence-corrected chi connectivity index (χ4v) is 3.01. The highest BCUT2D eigenvalue weighted by Gasteiger charge is 2.34. The number of imidazole rings is 1. The molecular formula is C19H15F3N4O2. The lowest BCUT2D eigenvalue weighted by Crippen LogP contribution is -2.38. The van der Waals surface area contributed by atoms with E-state index in [0.717, 1.165) is 11.8 Å². The van der Waals surface area contributed by atoms with E-state index in [1.807, 2.05) is 0 Å². The van der Waals surface area contributed by atoms with E-state index in [-0.39, 0.29) is 11.7 Å². The number of carbonyl (C=O) groups is 1. The number of rotatable bonds is 3. The van der Waals surface area contributed by atoms with Crippen molar-refractivity contribution in [3.05, 3.63) is 60.2 Å². The standard InChI is InChI=1S/C19H15F3N4O2/c1-26-10-16(19(20,21)22)25-17(26)12-4-2-11(3-5-12)8-14-18(27)24-13-6-7-23-9-15(13)28-14/h2-7,9-10,14H,8H2,1H3,(H,24,27). The van der Waals surface area contributed by atoms with Crippen LogP contribution in [0.2, 0.25) is 0 Å². The maximum Gasteiger partial charge on any atom is 0.434 e. The predicted molar refractivity (Wildman–Crippen MR) is 94.6 cm³/mol. The molecule has 1 atom stereocenters. The number of benzene rings is 1. The number of amides is 1. The topological polar surface area (TPSA) is 69.0 Å². The quantitative estimate of drug-likeness (QED) is 0.746. The van der Waals surface area contributed by atoms with Crippen LogP contribution in [0.4, 0.5) is 18.9 Å². The van der Waals surface area contributed by atoms with E-state index in [2.05, 4.69) is 15.3 Å². The average Bonchev–Trinajstić information content (AvgIpc) is 3.05. The minimum atomic E-state index is -4.49. The Bertz CT molecular complexity index is 1030. The predicted octanol–water partition coefficient (Wildman–Crippen LogP) is 3.44. The molecule has 0 radical (unpaired) electrons. The summed E-state index contributed by atoms with van der Waals surface area (Å²) in [6, 6.07) is 8.49. The summed E-state index contributed by atoms with van der Waals surface area (Å²) in [6.07, 6.45) is -0.850. The number of ether oxygens (including phenoxy) is 1. The fourth-order valence-electron chi connectivity index (χ4n) is 3.01. The van der Waals surface area contributed by atoms with Crippen molar-refractivity contribution in [1.82, 2.24) is 14.5 Å². The van der Waals surface area contributed by atoms with Gasteiger partial charge in [0.25, 0.3) is 5.91 Å². The lowest BCUT2D eigenvalue weighted by Gasteiger charge is -2.25. The van der Waals surface area contributed by atoms with E-state index in [4.69, 9.17) is 4.74 Å². The third kappa shape index (κ3) is 3.42. The Morgan fingerprint density at radius 2 is 1.96 bits per heavy atom. The van der Waals surface area contributed by atoms with Gasteiger partial charge in [-0.25, -0.2) is 4.98 Å². The zero-order chi connectivity index (χ0) is 19.9. The first kappa shape index (κ1) is 18.0. The average molecular weight is 388 g/mol. The van der Waals surface area contributed by atoms with Gasteiger partial charge in [-0.2, -0.15) is 13.2 Å². The van der Waals surface area contributed by atoms with Crippen molar-refractivity contribution in [3.8, 4) is 17.1 Å². The van der Waals surface area contributed by atoms with Crippen molar-refractivity contribution in [2.75, 3.05) is 5.32 Å². The number of nitrogens with zero attached hydrogens (tertiary/aromatic N) is 3. The molecule has 0 fully saturated rings. The Morgan fingerprint density at radius 3 is 2.64 bits per heavy atom. The molecular weight excluding hydrogens is 373 g/mol. The Kier molecular flexibility index (Phi) is 4.29. The molecule has 1 unspecified atom stereocenters. The van der Waals surface area contributed by atoms with Crippen molar-refractivity contribution in [2.24, 2.45) is 7.05 Å². The van der Waals surface area contributed by atoms with Crippen molar-refractivity contribution in [1.29, 1.82) is 0 Å². The molecule has 1 N–H and O–H groups in total. The molecule has 28 heavy (non-hydrogen) atoms. The summed E-state index contributed by atoms with van der Waals surface area (Å²) in [5.41, 5.74) is 0.988. The summed E-state index contributed by atoms with van der Waals surface area (Å²) >= 11 is 0. The van der Waals surface area contributed by atoms with Gasteiger partial charge >= 0.3 is 6.18 Å². The number of aromatic nitrogens is 3. The molecule has 1 aliphatic heterocycles. The first-order valence-electron chi connectivity index (χ1n) is 8.42. The van der Waals surface area contributed by atoms with E-state index >= 15 is 0 Å². The van der Waals surface area contributed by atoms with Crippen LogP contribution in [0.15, 0.2) is 48.9 Å². The van der Waals surface area contributed by atoms with Crippen LogP contribution in [0, 0.1) is 0 Å². The Labute approximate surface area is 158 Å². The van der Waals surface area contributed by atoms with Gasteiger partial charge in [-0.05, 0) is 11.6 Å². The number of carbonyl (C=O) groups excluding carboxylic acids is 1. The number of halogens is 3. The van der Waals surface area contributed by atoms with Crippen molar-refractivity contribution < 1.29 is 22.7 Å². The number of nitrogens with one attached hydrogen (secondary N) is 1. The molecule has 3 aromatic rings. The van der Waals surface area contributed by atoms with Gasteiger partial charge in [-0.1, -0.05) is 24.3 Å². The number of fused-ring (bicyclic) bond motifs is 1. The summed E-state index contributed by atoms with van der Waals surface area (Å²) in [5.74, 6) is 0.448. The summed E-state index contributed by atoms with van der Waals surface area (Å²) in [7, 11) is 1.51. The van der Waals surface area contributed by atoms with Gasteiger partial charge < -0.3 is 14.6 Å². The van der Waals surface area contributed by atoms with Gasteiger partial charge in [0.2, 0.25) is 0 Å². The van der Waals surface area contributed by atoms with E-state index in [9.17, 15) is 18.0 Å². The van der Waals surface area contributed by atoms with E-state index < -0.39 is 18.0 Å². The molecule has 3 heterocycles. The second kappa shape index (κ2) is 6.66. The molecule has 0 saturated carbocycles. The molecule has 1 amide bonds. The molecule has 0 spiro atoms. The van der Waals surface area contributed by atoms with Crippen molar-refractivity contribution >= 4 is 11.6 Å². The monoisotopic (exact) mass is 388 g/mol. The lowest BCUT2D eigenvalue weighted by molar-refractivity contribution is -0.140. The van der Waals surface area contributed by atoms with Crippen molar-refractivity contribution in [2.45, 2.75) is 18.7 Å². The largest absolute Gasteiger partial charge is 0.476 e. The zero-order valence-corrected chi connectivity index (χ0v) is 14.7. The third-order valence-corrected chi connectivity index (χ3v) is 4.40. The van der Waals surface area contributed by atoms with Gasteiger partial charge in [-0.3, -0.25) is 9.78 Å². The van der Waals surface area contributed by atoms with E-state index in [1.54, 1.807) is 36.5 Å². The zero-order valence-electron chi connectivity index (χ0n) is 14.7. The third-order valence-electron chi connectivity index (χ3n) is 4.40. The molecule has 144 valence electrons. The number of anilines is 1. The number of hydrogen-bond acceptors (Lipinski definition) is 4. The Balaban J connectivity index is 1.52. The molecule has 0 saturated heterocycles. The highest BCUT2D eigenvalue weighted by atomic mass is 19.4. The van der Waals surface area contributed by atoms with Gasteiger partial charge in [-0.15, -0.1) is 0 Å². The maximum atomic E-state index is 12.8. The van der Waals surface area contributed by atoms with E-state index in [1.165, 1.54) is 17.8 Å². The lowest BCUT2D eigenvalue weighted by atomic mass is 10.0. The first-order valence-corrected chi connectivity index (χ1v) is 8.42. The fraction of sp³-hybridized carbons (Fsp3) is 0.211. The molecule has 0 bridgehead atoms. The Hall–Kier alpha value is -3.36. The molecule has 1 aliphatic rings. The van der Waals surface area contributed by atoms with Crippen LogP contribution in [-0.4, -0.2) is 26.5 Å². The van der Waals surface area contributed by atoms with E-state index in [0.29, 0.717) is 23.4 Å². The number of hydrogen-bond donors (Lipinski definition) is 1. The normalized spacial score (nSPS) is 16.3. The molecule has 6 nitrogen and oxygen atoms in total. The summed E-state index contributed by atoms with van der Waals surface area (Å²) in [6.45, 7) is 0. The maximum absolute atomic E-state index is 12.8. The minimum absolute atomic E-state index is 0.213. The van der Waals surface area contributed by atoms with Gasteiger partial charge in [0.15, 0.2) is 17.5 Å². The first-order chi connectivity index (χ1) is 13.3. The number of aryl methyl sites for hydroxylation is 1. The molecule has 4 rings (SSSR count). The van der Waals surface area contributed by atoms with Crippen LogP contribution >= 0.6 is 0 Å². The van der Waals surface area contributed by atoms with Crippen LogP contribution < -0.4 is 10.1 Å². The molecule has 0 aliphatic carbocycles. The summed E-state index contributed by atoms with van der Waals surface area (Å²) < 4.78 is 45.5. The highest BCUT2D eigenvalue weighted by Crippen LogP contribution is 2.31. The summed E-state index contributed by atoms with van der Waals surface area (Å²) in [4.78, 5) is 19.9. The van der Waals surface area contributed by atoms with Gasteiger partial charge in [0, 0.05) is 31.4 Å². The number of pyridine rings is 1. The molecule has 2 aromatic heterocycles. The van der Waals surface area contributed by atoms with Crippen LogP contribution in [-0.2, 0) is 24.4 Å².